The van der Waals surface area contributed by atoms with E-state index in [2.05, 4.69) is 10.1 Å². The molecule has 2 aromatic heterocycles. The van der Waals surface area contributed by atoms with Crippen LogP contribution in [0.1, 0.15) is 37.8 Å². The molecule has 0 unspecified atom stereocenters. The SMILES string of the molecule is N#C[C@@]1(c2ccc3c(N)ncnn23)O[C@H](COC(=O)N2CCCCCCC2)[C@@H](O)[C@H]1O. The molecule has 0 saturated carbocycles. The minimum Gasteiger partial charge on any atom is -0.447 e. The van der Waals surface area contributed by atoms with Crippen molar-refractivity contribution in [2.45, 2.75) is 56.0 Å². The molecule has 2 aromatic rings. The van der Waals surface area contributed by atoms with Gasteiger partial charge in [-0.3, -0.25) is 0 Å². The van der Waals surface area contributed by atoms with Crippen LogP contribution in [0, 0.1) is 11.3 Å². The van der Waals surface area contributed by atoms with Gasteiger partial charge in [0.2, 0.25) is 5.60 Å². The van der Waals surface area contributed by atoms with Crippen molar-refractivity contribution in [3.05, 3.63) is 24.2 Å². The summed E-state index contributed by atoms with van der Waals surface area (Å²) in [6.07, 6.45) is 1.77. The average molecular weight is 430 g/mol. The number of nitrogens with two attached hydrogens (primary N) is 1. The van der Waals surface area contributed by atoms with Gasteiger partial charge in [0.1, 0.15) is 42.8 Å². The minimum absolute atomic E-state index is 0.195. The van der Waals surface area contributed by atoms with Crippen LogP contribution in [0.2, 0.25) is 0 Å². The van der Waals surface area contributed by atoms with Gasteiger partial charge < -0.3 is 30.3 Å². The van der Waals surface area contributed by atoms with Gasteiger partial charge in [-0.05, 0) is 25.0 Å². The minimum atomic E-state index is -1.91. The van der Waals surface area contributed by atoms with Crippen LogP contribution in [0.4, 0.5) is 10.6 Å². The number of nitrogens with zero attached hydrogens (tertiary/aromatic N) is 5. The summed E-state index contributed by atoms with van der Waals surface area (Å²) in [5, 5.41) is 35.3. The molecule has 0 spiro atoms. The van der Waals surface area contributed by atoms with Crippen LogP contribution in [0.5, 0.6) is 0 Å². The monoisotopic (exact) mass is 430 g/mol. The van der Waals surface area contributed by atoms with Gasteiger partial charge in [-0.1, -0.05) is 19.3 Å². The molecule has 166 valence electrons. The highest BCUT2D eigenvalue weighted by atomic mass is 16.6. The zero-order chi connectivity index (χ0) is 22.0. The number of hydrogen-bond donors (Lipinski definition) is 3. The van der Waals surface area contributed by atoms with E-state index in [0.717, 1.165) is 25.7 Å². The molecule has 31 heavy (non-hydrogen) atoms. The first kappa shape index (κ1) is 21.3. The summed E-state index contributed by atoms with van der Waals surface area (Å²) in [5.41, 5.74) is 4.56. The Balaban J connectivity index is 1.50. The predicted molar refractivity (Wildman–Crippen MR) is 108 cm³/mol. The zero-order valence-corrected chi connectivity index (χ0v) is 17.1. The Hall–Kier alpha value is -2.94. The topological polar surface area (TPSA) is 159 Å². The predicted octanol–water partition coefficient (Wildman–Crippen LogP) is 0.554. The van der Waals surface area contributed by atoms with E-state index in [4.69, 9.17) is 15.2 Å². The smallest absolute Gasteiger partial charge is 0.409 e. The van der Waals surface area contributed by atoms with Crippen LogP contribution in [-0.2, 0) is 15.1 Å². The number of likely N-dealkylation sites (tertiary alicyclic amines) is 1. The van der Waals surface area contributed by atoms with Crippen molar-refractivity contribution in [2.75, 3.05) is 25.4 Å². The van der Waals surface area contributed by atoms with Gasteiger partial charge in [0.15, 0.2) is 5.82 Å². The van der Waals surface area contributed by atoms with Crippen LogP contribution in [0.15, 0.2) is 18.5 Å². The second-order valence-electron chi connectivity index (χ2n) is 7.93. The fourth-order valence-corrected chi connectivity index (χ4v) is 4.23. The van der Waals surface area contributed by atoms with Crippen molar-refractivity contribution in [3.63, 3.8) is 0 Å². The lowest BCUT2D eigenvalue weighted by atomic mass is 9.92. The molecule has 4 atom stereocenters. The lowest BCUT2D eigenvalue weighted by Crippen LogP contribution is -2.41. The quantitative estimate of drug-likeness (QED) is 0.632. The Morgan fingerprint density at radius 3 is 2.71 bits per heavy atom. The number of hydrogen-bond acceptors (Lipinski definition) is 9. The number of amides is 1. The molecule has 0 bridgehead atoms. The molecule has 1 amide bonds. The first-order chi connectivity index (χ1) is 15.0. The van der Waals surface area contributed by atoms with Crippen molar-refractivity contribution in [1.29, 1.82) is 5.26 Å². The standard InChI is InChI=1S/C20H26N6O5/c21-11-20(15-7-6-13-18(22)23-12-24-26(13)15)17(28)16(27)14(31-20)10-30-19(29)25-8-4-2-1-3-5-9-25/h6-7,12,14,16-17,27-28H,1-5,8-10H2,(H2,22,23,24)/t14-,16-,17-,20+/m1/s1. The van der Waals surface area contributed by atoms with Gasteiger partial charge in [-0.2, -0.15) is 10.4 Å². The Labute approximate surface area is 179 Å². The van der Waals surface area contributed by atoms with Gasteiger partial charge in [0, 0.05) is 13.1 Å². The summed E-state index contributed by atoms with van der Waals surface area (Å²) in [6, 6.07) is 5.10. The number of nitriles is 1. The molecule has 2 aliphatic rings. The normalized spacial score (nSPS) is 29.3. The second-order valence-corrected chi connectivity index (χ2v) is 7.93. The van der Waals surface area contributed by atoms with E-state index < -0.39 is 30.0 Å². The number of nitrogen functional groups attached to an aromatic ring is 1. The lowest BCUT2D eigenvalue weighted by Gasteiger charge is -2.25. The largest absolute Gasteiger partial charge is 0.447 e. The first-order valence-electron chi connectivity index (χ1n) is 10.4. The highest BCUT2D eigenvalue weighted by Gasteiger charge is 2.57. The molecule has 0 radical (unpaired) electrons. The number of aromatic nitrogens is 3. The Kier molecular flexibility index (Phi) is 5.95. The van der Waals surface area contributed by atoms with Crippen LogP contribution in [0.25, 0.3) is 5.52 Å². The molecule has 2 saturated heterocycles. The van der Waals surface area contributed by atoms with E-state index >= 15 is 0 Å². The van der Waals surface area contributed by atoms with Crippen LogP contribution in [-0.4, -0.2) is 73.8 Å². The number of anilines is 1. The summed E-state index contributed by atoms with van der Waals surface area (Å²) in [5.74, 6) is 0.195. The summed E-state index contributed by atoms with van der Waals surface area (Å²) in [6.45, 7) is 0.946. The third-order valence-corrected chi connectivity index (χ3v) is 5.97. The highest BCUT2D eigenvalue weighted by molar-refractivity contribution is 5.67. The van der Waals surface area contributed by atoms with Gasteiger partial charge >= 0.3 is 6.09 Å². The number of fused-ring (bicyclic) bond motifs is 1. The second kappa shape index (κ2) is 8.66. The molecule has 0 aliphatic carbocycles. The van der Waals surface area contributed by atoms with Gasteiger partial charge in [-0.25, -0.2) is 14.3 Å². The number of rotatable bonds is 3. The Bertz CT molecular complexity index is 982. The number of ether oxygens (including phenoxy) is 2. The molecule has 11 nitrogen and oxygen atoms in total. The van der Waals surface area contributed by atoms with Crippen molar-refractivity contribution in [1.82, 2.24) is 19.5 Å². The van der Waals surface area contributed by atoms with Gasteiger partial charge in [0.05, 0.1) is 5.69 Å². The fourth-order valence-electron chi connectivity index (χ4n) is 4.23. The van der Waals surface area contributed by atoms with Crippen molar-refractivity contribution >= 4 is 17.4 Å². The number of aliphatic hydroxyl groups is 2. The summed E-state index contributed by atoms with van der Waals surface area (Å²) >= 11 is 0. The van der Waals surface area contributed by atoms with Crippen LogP contribution >= 0.6 is 0 Å². The maximum atomic E-state index is 12.5. The average Bonchev–Trinajstić information content (AvgIpc) is 3.28. The van der Waals surface area contributed by atoms with Gasteiger partial charge in [0.25, 0.3) is 0 Å². The third kappa shape index (κ3) is 3.78. The lowest BCUT2D eigenvalue weighted by molar-refractivity contribution is -0.0682. The molecule has 11 heteroatoms. The van der Waals surface area contributed by atoms with Crippen molar-refractivity contribution in [2.24, 2.45) is 0 Å². The molecular weight excluding hydrogens is 404 g/mol. The Morgan fingerprint density at radius 1 is 1.29 bits per heavy atom. The maximum Gasteiger partial charge on any atom is 0.409 e. The molecule has 2 fully saturated rings. The summed E-state index contributed by atoms with van der Waals surface area (Å²) < 4.78 is 12.5. The van der Waals surface area contributed by atoms with Crippen LogP contribution < -0.4 is 5.73 Å². The van der Waals surface area contributed by atoms with E-state index in [-0.39, 0.29) is 18.1 Å². The van der Waals surface area contributed by atoms with E-state index in [1.54, 1.807) is 11.0 Å². The third-order valence-electron chi connectivity index (χ3n) is 5.97. The van der Waals surface area contributed by atoms with Crippen LogP contribution in [0.3, 0.4) is 0 Å². The van der Waals surface area contributed by atoms with E-state index in [0.29, 0.717) is 18.6 Å². The van der Waals surface area contributed by atoms with Gasteiger partial charge in [-0.15, -0.1) is 0 Å². The number of carbonyl (C=O) groups excluding carboxylic acids is 1. The summed E-state index contributed by atoms with van der Waals surface area (Å²) in [4.78, 5) is 18.0. The molecule has 4 rings (SSSR count). The van der Waals surface area contributed by atoms with E-state index in [9.17, 15) is 20.3 Å². The molecule has 2 aliphatic heterocycles. The first-order valence-corrected chi connectivity index (χ1v) is 10.4. The van der Waals surface area contributed by atoms with E-state index in [1.165, 1.54) is 23.3 Å². The highest BCUT2D eigenvalue weighted by Crippen LogP contribution is 2.40. The molecule has 4 N–H and O–H groups in total. The number of carbonyl (C=O) groups is 1. The molecular formula is C20H26N6O5. The fraction of sp³-hybridized carbons (Fsp3) is 0.600. The van der Waals surface area contributed by atoms with E-state index in [1.807, 2.05) is 6.07 Å². The van der Waals surface area contributed by atoms with Crippen molar-refractivity contribution < 1.29 is 24.5 Å². The zero-order valence-electron chi connectivity index (χ0n) is 17.1. The molecule has 0 aromatic carbocycles. The maximum absolute atomic E-state index is 12.5. The number of aliphatic hydroxyl groups excluding tert-OH is 2. The summed E-state index contributed by atoms with van der Waals surface area (Å²) in [7, 11) is 0. The Morgan fingerprint density at radius 2 is 2.00 bits per heavy atom. The van der Waals surface area contributed by atoms with Crippen molar-refractivity contribution in [3.8, 4) is 6.07 Å². The molecule has 4 heterocycles.